The topological polar surface area (TPSA) is 75.3 Å². The van der Waals surface area contributed by atoms with Gasteiger partial charge in [-0.3, -0.25) is 20.2 Å². The molecule has 0 bridgehead atoms. The first-order chi connectivity index (χ1) is 7.41. The molecule has 0 aromatic carbocycles. The SMILES string of the molecule is CCC(C)(C)CCCC(=O)NC(=O)NC=O. The van der Waals surface area contributed by atoms with Gasteiger partial charge in [-0.2, -0.15) is 0 Å². The Balaban J connectivity index is 3.74. The molecule has 0 aliphatic heterocycles. The molecule has 0 unspecified atom stereocenters. The Kier molecular flexibility index (Phi) is 6.37. The molecule has 5 nitrogen and oxygen atoms in total. The van der Waals surface area contributed by atoms with Crippen LogP contribution < -0.4 is 10.6 Å². The highest BCUT2D eigenvalue weighted by Gasteiger charge is 2.15. The minimum absolute atomic E-state index is 0.228. The van der Waals surface area contributed by atoms with Crippen LogP contribution in [0.3, 0.4) is 0 Å². The van der Waals surface area contributed by atoms with Crippen molar-refractivity contribution in [1.82, 2.24) is 10.6 Å². The highest BCUT2D eigenvalue weighted by atomic mass is 16.2. The summed E-state index contributed by atoms with van der Waals surface area (Å²) in [5.41, 5.74) is 0.228. The number of hydrogen-bond acceptors (Lipinski definition) is 3. The van der Waals surface area contributed by atoms with Gasteiger partial charge in [0.2, 0.25) is 12.3 Å². The minimum atomic E-state index is -0.769. The average molecular weight is 228 g/mol. The second kappa shape index (κ2) is 6.98. The Morgan fingerprint density at radius 2 is 1.94 bits per heavy atom. The Morgan fingerprint density at radius 3 is 2.44 bits per heavy atom. The summed E-state index contributed by atoms with van der Waals surface area (Å²) in [7, 11) is 0. The molecule has 16 heavy (non-hydrogen) atoms. The molecular weight excluding hydrogens is 208 g/mol. The second-order valence-electron chi connectivity index (χ2n) is 4.51. The predicted octanol–water partition coefficient (Wildman–Crippen LogP) is 1.58. The van der Waals surface area contributed by atoms with Gasteiger partial charge in [-0.25, -0.2) is 4.79 Å². The van der Waals surface area contributed by atoms with Gasteiger partial charge in [0.05, 0.1) is 0 Å². The molecule has 5 heteroatoms. The standard InChI is InChI=1S/C11H20N2O3/c1-4-11(2,3)7-5-6-9(15)13-10(16)12-8-14/h8H,4-7H2,1-3H3,(H2,12,13,14,15,16). The summed E-state index contributed by atoms with van der Waals surface area (Å²) in [6, 6.07) is -0.769. The van der Waals surface area contributed by atoms with Gasteiger partial charge in [0.15, 0.2) is 0 Å². The van der Waals surface area contributed by atoms with Crippen molar-refractivity contribution in [2.75, 3.05) is 0 Å². The summed E-state index contributed by atoms with van der Waals surface area (Å²) in [5.74, 6) is -0.355. The monoisotopic (exact) mass is 228 g/mol. The quantitative estimate of drug-likeness (QED) is 0.678. The third kappa shape index (κ3) is 6.98. The maximum atomic E-state index is 11.2. The van der Waals surface area contributed by atoms with Crippen LogP contribution in [0.2, 0.25) is 0 Å². The molecule has 92 valence electrons. The van der Waals surface area contributed by atoms with E-state index in [0.717, 1.165) is 19.3 Å². The molecule has 2 N–H and O–H groups in total. The van der Waals surface area contributed by atoms with Crippen molar-refractivity contribution in [3.05, 3.63) is 0 Å². The first-order valence-electron chi connectivity index (χ1n) is 5.45. The van der Waals surface area contributed by atoms with Crippen LogP contribution in [0, 0.1) is 5.41 Å². The van der Waals surface area contributed by atoms with E-state index in [0.29, 0.717) is 6.42 Å². The summed E-state index contributed by atoms with van der Waals surface area (Å²) >= 11 is 0. The Hall–Kier alpha value is -1.39. The van der Waals surface area contributed by atoms with Gasteiger partial charge in [-0.05, 0) is 18.3 Å². The van der Waals surface area contributed by atoms with Crippen molar-refractivity contribution >= 4 is 18.3 Å². The normalized spacial score (nSPS) is 10.7. The number of rotatable bonds is 6. The number of amides is 4. The smallest absolute Gasteiger partial charge is 0.280 e. The van der Waals surface area contributed by atoms with E-state index in [9.17, 15) is 14.4 Å². The third-order valence-electron chi connectivity index (χ3n) is 2.66. The zero-order valence-electron chi connectivity index (χ0n) is 10.1. The number of imide groups is 2. The third-order valence-corrected chi connectivity index (χ3v) is 2.66. The number of urea groups is 1. The fraction of sp³-hybridized carbons (Fsp3) is 0.727. The van der Waals surface area contributed by atoms with E-state index >= 15 is 0 Å². The molecule has 0 fully saturated rings. The average Bonchev–Trinajstić information content (AvgIpc) is 2.17. The Labute approximate surface area is 96.0 Å². The minimum Gasteiger partial charge on any atom is -0.280 e. The van der Waals surface area contributed by atoms with Gasteiger partial charge in [-0.15, -0.1) is 0 Å². The van der Waals surface area contributed by atoms with Gasteiger partial charge >= 0.3 is 6.03 Å². The molecule has 0 aromatic rings. The molecule has 4 amide bonds. The van der Waals surface area contributed by atoms with Crippen LogP contribution in [0.5, 0.6) is 0 Å². The van der Waals surface area contributed by atoms with Crippen LogP contribution >= 0.6 is 0 Å². The van der Waals surface area contributed by atoms with E-state index in [-0.39, 0.29) is 17.7 Å². The van der Waals surface area contributed by atoms with Crippen LogP contribution in [-0.2, 0) is 9.59 Å². The number of hydrogen-bond donors (Lipinski definition) is 2. The summed E-state index contributed by atoms with van der Waals surface area (Å²) in [6.07, 6.45) is 3.27. The predicted molar refractivity (Wildman–Crippen MR) is 60.7 cm³/mol. The fourth-order valence-corrected chi connectivity index (χ4v) is 1.18. The maximum Gasteiger partial charge on any atom is 0.327 e. The highest BCUT2D eigenvalue weighted by Crippen LogP contribution is 2.26. The molecule has 0 spiro atoms. The Bertz CT molecular complexity index is 262. The fourth-order valence-electron chi connectivity index (χ4n) is 1.18. The van der Waals surface area contributed by atoms with Gasteiger partial charge in [0.25, 0.3) is 0 Å². The van der Waals surface area contributed by atoms with Gasteiger partial charge < -0.3 is 0 Å². The maximum absolute atomic E-state index is 11.2. The molecule has 0 rings (SSSR count). The lowest BCUT2D eigenvalue weighted by atomic mass is 9.85. The van der Waals surface area contributed by atoms with E-state index in [1.54, 1.807) is 0 Å². The number of carbonyl (C=O) groups is 3. The molecule has 0 saturated heterocycles. The first-order valence-corrected chi connectivity index (χ1v) is 5.45. The van der Waals surface area contributed by atoms with Crippen LogP contribution in [0.1, 0.15) is 46.5 Å². The molecule has 0 aromatic heterocycles. The van der Waals surface area contributed by atoms with Gasteiger partial charge in [0.1, 0.15) is 0 Å². The largest absolute Gasteiger partial charge is 0.327 e. The first kappa shape index (κ1) is 14.6. The van der Waals surface area contributed by atoms with Crippen molar-refractivity contribution in [3.8, 4) is 0 Å². The van der Waals surface area contributed by atoms with Crippen molar-refractivity contribution < 1.29 is 14.4 Å². The van der Waals surface area contributed by atoms with E-state index in [2.05, 4.69) is 26.1 Å². The van der Waals surface area contributed by atoms with E-state index < -0.39 is 6.03 Å². The van der Waals surface area contributed by atoms with E-state index in [1.807, 2.05) is 5.32 Å². The van der Waals surface area contributed by atoms with Gasteiger partial charge in [0, 0.05) is 6.42 Å². The molecule has 0 heterocycles. The number of carbonyl (C=O) groups excluding carboxylic acids is 3. The molecule has 0 radical (unpaired) electrons. The molecular formula is C11H20N2O3. The van der Waals surface area contributed by atoms with Gasteiger partial charge in [-0.1, -0.05) is 27.2 Å². The lowest BCUT2D eigenvalue weighted by molar-refractivity contribution is -0.120. The van der Waals surface area contributed by atoms with Crippen molar-refractivity contribution in [1.29, 1.82) is 0 Å². The van der Waals surface area contributed by atoms with Crippen molar-refractivity contribution in [3.63, 3.8) is 0 Å². The zero-order valence-corrected chi connectivity index (χ0v) is 10.1. The molecule has 0 atom stereocenters. The van der Waals surface area contributed by atoms with E-state index in [4.69, 9.17) is 0 Å². The van der Waals surface area contributed by atoms with E-state index in [1.165, 1.54) is 0 Å². The Morgan fingerprint density at radius 1 is 1.31 bits per heavy atom. The van der Waals surface area contributed by atoms with Crippen molar-refractivity contribution in [2.24, 2.45) is 5.41 Å². The number of nitrogens with one attached hydrogen (secondary N) is 2. The van der Waals surface area contributed by atoms with Crippen LogP contribution in [0.15, 0.2) is 0 Å². The summed E-state index contributed by atoms with van der Waals surface area (Å²) in [5, 5.41) is 3.91. The summed E-state index contributed by atoms with van der Waals surface area (Å²) in [4.78, 5) is 31.9. The highest BCUT2D eigenvalue weighted by molar-refractivity contribution is 5.97. The second-order valence-corrected chi connectivity index (χ2v) is 4.51. The lowest BCUT2D eigenvalue weighted by Crippen LogP contribution is -2.38. The zero-order chi connectivity index (χ0) is 12.6. The summed E-state index contributed by atoms with van der Waals surface area (Å²) < 4.78 is 0. The molecule has 0 aliphatic rings. The van der Waals surface area contributed by atoms with Crippen molar-refractivity contribution in [2.45, 2.75) is 46.5 Å². The lowest BCUT2D eigenvalue weighted by Gasteiger charge is -2.21. The summed E-state index contributed by atoms with van der Waals surface area (Å²) in [6.45, 7) is 6.39. The van der Waals surface area contributed by atoms with Crippen LogP contribution in [0.4, 0.5) is 4.79 Å². The van der Waals surface area contributed by atoms with Crippen LogP contribution in [-0.4, -0.2) is 18.3 Å². The molecule has 0 saturated carbocycles. The molecule has 0 aliphatic carbocycles. The van der Waals surface area contributed by atoms with Crippen LogP contribution in [0.25, 0.3) is 0 Å².